The topological polar surface area (TPSA) is 120 Å². The van der Waals surface area contributed by atoms with Crippen LogP contribution in [0.5, 0.6) is 5.75 Å². The van der Waals surface area contributed by atoms with Gasteiger partial charge in [-0.3, -0.25) is 9.80 Å². The Morgan fingerprint density at radius 2 is 1.00 bits per heavy atom. The third-order valence-corrected chi connectivity index (χ3v) is 15.3. The summed E-state index contributed by atoms with van der Waals surface area (Å²) < 4.78 is 16.5. The number of nitrogens with one attached hydrogen (secondary N) is 4. The van der Waals surface area contributed by atoms with Crippen LogP contribution in [0.4, 0.5) is 38.0 Å². The average molecular weight is 1030 g/mol. The van der Waals surface area contributed by atoms with Gasteiger partial charge in [0, 0.05) is 79.9 Å². The highest BCUT2D eigenvalue weighted by Crippen LogP contribution is 2.37. The fourth-order valence-electron chi connectivity index (χ4n) is 11.2. The highest BCUT2D eigenvalue weighted by atomic mass is 16.5. The van der Waals surface area contributed by atoms with Crippen molar-refractivity contribution >= 4 is 83.6 Å². The summed E-state index contributed by atoms with van der Waals surface area (Å²) in [6.45, 7) is 13.6. The van der Waals surface area contributed by atoms with Gasteiger partial charge >= 0.3 is 12.1 Å². The number of aryl methyl sites for hydroxylation is 1. The van der Waals surface area contributed by atoms with Crippen LogP contribution in [0.1, 0.15) is 24.0 Å². The van der Waals surface area contributed by atoms with E-state index in [0.717, 1.165) is 155 Å². The maximum atomic E-state index is 13.1. The Hall–Kier alpha value is -8.00. The molecule has 0 atom stereocenters. The van der Waals surface area contributed by atoms with Crippen molar-refractivity contribution in [2.45, 2.75) is 26.3 Å². The lowest BCUT2D eigenvalue weighted by Crippen LogP contribution is -2.43. The van der Waals surface area contributed by atoms with E-state index < -0.39 is 0 Å². The first-order chi connectivity index (χ1) is 37.8. The van der Waals surface area contributed by atoms with Crippen molar-refractivity contribution in [3.63, 3.8) is 0 Å². The zero-order valence-electron chi connectivity index (χ0n) is 44.0. The molecule has 3 fully saturated rings. The van der Waals surface area contributed by atoms with E-state index in [0.29, 0.717) is 11.4 Å². The largest absolute Gasteiger partial charge is 0.495 e. The number of ether oxygens (including phenoxy) is 3. The van der Waals surface area contributed by atoms with Crippen molar-refractivity contribution in [2.75, 3.05) is 106 Å². The second kappa shape index (κ2) is 23.9. The smallest absolute Gasteiger partial charge is 0.323 e. The van der Waals surface area contributed by atoms with Crippen molar-refractivity contribution in [3.8, 4) is 16.9 Å². The molecular weight excluding hydrogens is 959 g/mol. The molecule has 77 heavy (non-hydrogen) atoms. The van der Waals surface area contributed by atoms with Crippen LogP contribution in [0, 0.1) is 12.8 Å². The molecule has 12 rings (SSSR count). The van der Waals surface area contributed by atoms with Crippen LogP contribution in [0.3, 0.4) is 0 Å². The molecule has 3 aliphatic heterocycles. The SMILES string of the molecule is COc1cc2ccccc2cc1NC(=O)Nc1ccc(N2CCC(CN3CCOCC3)CC2)c2ccccc12.Cc1cc2ccccc2cc1NC(=O)Nc1ccc(-c2ccc(CN3CCOCC3)cc2)c2ccccc12. The number of carbonyl (C=O) groups is 2. The van der Waals surface area contributed by atoms with Crippen molar-refractivity contribution in [1.82, 2.24) is 9.80 Å². The van der Waals surface area contributed by atoms with Crippen LogP contribution < -0.4 is 30.9 Å². The molecule has 3 aliphatic rings. The van der Waals surface area contributed by atoms with E-state index in [-0.39, 0.29) is 12.1 Å². The lowest BCUT2D eigenvalue weighted by atomic mass is 9.94. The Morgan fingerprint density at radius 1 is 0.506 bits per heavy atom. The number of hydrogen-bond acceptors (Lipinski definition) is 8. The van der Waals surface area contributed by atoms with Gasteiger partial charge in [0.15, 0.2) is 0 Å². The fourth-order valence-corrected chi connectivity index (χ4v) is 11.2. The second-order valence-corrected chi connectivity index (χ2v) is 20.4. The van der Waals surface area contributed by atoms with Gasteiger partial charge < -0.3 is 40.4 Å². The molecule has 9 aromatic rings. The summed E-state index contributed by atoms with van der Waals surface area (Å²) in [5, 5.41) is 20.8. The molecule has 4 amide bonds. The Bertz CT molecular complexity index is 3530. The lowest BCUT2D eigenvalue weighted by molar-refractivity contribution is 0.0289. The van der Waals surface area contributed by atoms with Gasteiger partial charge in [0.05, 0.1) is 50.6 Å². The summed E-state index contributed by atoms with van der Waals surface area (Å²) in [6, 6.07) is 57.3. The number of rotatable bonds is 11. The predicted octanol–water partition coefficient (Wildman–Crippen LogP) is 13.6. The van der Waals surface area contributed by atoms with Gasteiger partial charge in [-0.05, 0) is 117 Å². The number of methoxy groups -OCH3 is 1. The molecule has 3 heterocycles. The predicted molar refractivity (Wildman–Crippen MR) is 316 cm³/mol. The van der Waals surface area contributed by atoms with Gasteiger partial charge in [-0.25, -0.2) is 9.59 Å². The van der Waals surface area contributed by atoms with Crippen LogP contribution in [0.15, 0.2) is 170 Å². The summed E-state index contributed by atoms with van der Waals surface area (Å²) in [7, 11) is 1.62. The number of piperidine rings is 1. The van der Waals surface area contributed by atoms with Gasteiger partial charge in [0.25, 0.3) is 0 Å². The molecular formula is C65H67N7O5. The van der Waals surface area contributed by atoms with Crippen LogP contribution in [-0.2, 0) is 16.0 Å². The molecule has 0 bridgehead atoms. The van der Waals surface area contributed by atoms with Crippen LogP contribution in [-0.4, -0.2) is 101 Å². The summed E-state index contributed by atoms with van der Waals surface area (Å²) in [4.78, 5) is 33.6. The number of hydrogen-bond donors (Lipinski definition) is 4. The third-order valence-electron chi connectivity index (χ3n) is 15.3. The summed E-state index contributed by atoms with van der Waals surface area (Å²) in [5.41, 5.74) is 8.88. The fraction of sp³-hybridized carbons (Fsp3) is 0.262. The number of fused-ring (bicyclic) bond motifs is 4. The number of benzene rings is 9. The average Bonchev–Trinajstić information content (AvgIpc) is 3.47. The van der Waals surface area contributed by atoms with Crippen LogP contribution >= 0.6 is 0 Å². The molecule has 12 nitrogen and oxygen atoms in total. The second-order valence-electron chi connectivity index (χ2n) is 20.4. The van der Waals surface area contributed by atoms with E-state index in [9.17, 15) is 9.59 Å². The third kappa shape index (κ3) is 12.2. The van der Waals surface area contributed by atoms with Gasteiger partial charge in [0.2, 0.25) is 0 Å². The Kier molecular flexibility index (Phi) is 15.9. The highest BCUT2D eigenvalue weighted by molar-refractivity contribution is 6.11. The minimum Gasteiger partial charge on any atom is -0.495 e. The number of carbonyl (C=O) groups excluding carboxylic acids is 2. The molecule has 0 aromatic heterocycles. The monoisotopic (exact) mass is 1030 g/mol. The first kappa shape index (κ1) is 51.1. The van der Waals surface area contributed by atoms with Gasteiger partial charge in [-0.15, -0.1) is 0 Å². The maximum Gasteiger partial charge on any atom is 0.323 e. The van der Waals surface area contributed by atoms with Crippen LogP contribution in [0.2, 0.25) is 0 Å². The minimum atomic E-state index is -0.301. The summed E-state index contributed by atoms with van der Waals surface area (Å²) in [5.74, 6) is 1.36. The highest BCUT2D eigenvalue weighted by Gasteiger charge is 2.24. The molecule has 0 radical (unpaired) electrons. The van der Waals surface area contributed by atoms with Crippen LogP contribution in [0.25, 0.3) is 54.2 Å². The Balaban J connectivity index is 0.000000164. The number of morpholine rings is 2. The van der Waals surface area contributed by atoms with Crippen molar-refractivity contribution in [3.05, 3.63) is 181 Å². The quantitative estimate of drug-likeness (QED) is 0.101. The van der Waals surface area contributed by atoms with Gasteiger partial charge in [0.1, 0.15) is 5.75 Å². The Morgan fingerprint density at radius 3 is 1.62 bits per heavy atom. The van der Waals surface area contributed by atoms with E-state index in [1.807, 2.05) is 91.9 Å². The molecule has 0 spiro atoms. The molecule has 4 N–H and O–H groups in total. The molecule has 0 unspecified atom stereocenters. The van der Waals surface area contributed by atoms with E-state index >= 15 is 0 Å². The summed E-state index contributed by atoms with van der Waals surface area (Å²) in [6.07, 6.45) is 2.39. The van der Waals surface area contributed by atoms with Gasteiger partial charge in [-0.2, -0.15) is 0 Å². The Labute approximate surface area is 450 Å². The molecule has 9 aromatic carbocycles. The van der Waals surface area contributed by atoms with Gasteiger partial charge in [-0.1, -0.05) is 127 Å². The normalized spacial score (nSPS) is 15.5. The zero-order chi connectivity index (χ0) is 52.5. The molecule has 3 saturated heterocycles. The van der Waals surface area contributed by atoms with Crippen molar-refractivity contribution < 1.29 is 23.8 Å². The number of amides is 4. The van der Waals surface area contributed by atoms with Crippen molar-refractivity contribution in [1.29, 1.82) is 0 Å². The van der Waals surface area contributed by atoms with Crippen molar-refractivity contribution in [2.24, 2.45) is 5.92 Å². The van der Waals surface area contributed by atoms with E-state index in [1.54, 1.807) is 7.11 Å². The lowest BCUT2D eigenvalue weighted by Gasteiger charge is -2.37. The standard InChI is InChI=1S/C33H31N3O2.C32H36N4O3/c1-23-20-26-6-2-3-7-27(26)21-32(23)35-33(37)34-31-15-14-28(29-8-4-5-9-30(29)31)25-12-10-24(11-13-25)22-36-16-18-38-19-17-36;1-38-31-21-25-7-3-2-6-24(25)20-29(31)34-32(37)33-28-10-11-30(27-9-5-4-8-26(27)28)36-14-12-23(13-15-36)22-35-16-18-39-19-17-35/h2-15,20-21H,16-19,22H2,1H3,(H2,34,35,37);2-11,20-21,23H,12-19,22H2,1H3,(H2,33,34,37). The van der Waals surface area contributed by atoms with E-state index in [1.165, 1.54) is 30.6 Å². The van der Waals surface area contributed by atoms with E-state index in [2.05, 4.69) is 121 Å². The maximum absolute atomic E-state index is 13.1. The molecule has 0 saturated carbocycles. The number of urea groups is 2. The summed E-state index contributed by atoms with van der Waals surface area (Å²) >= 11 is 0. The number of anilines is 5. The molecule has 392 valence electrons. The zero-order valence-corrected chi connectivity index (χ0v) is 44.0. The minimum absolute atomic E-state index is 0.256. The van der Waals surface area contributed by atoms with E-state index in [4.69, 9.17) is 14.2 Å². The molecule has 0 aliphatic carbocycles. The number of nitrogens with zero attached hydrogens (tertiary/aromatic N) is 3. The first-order valence-corrected chi connectivity index (χ1v) is 27.0. The molecule has 12 heteroatoms. The first-order valence-electron chi connectivity index (χ1n) is 27.0.